The van der Waals surface area contributed by atoms with Crippen molar-refractivity contribution >= 4 is 15.9 Å². The van der Waals surface area contributed by atoms with Crippen LogP contribution in [0.25, 0.3) is 0 Å². The van der Waals surface area contributed by atoms with Crippen LogP contribution in [0.3, 0.4) is 0 Å². The predicted octanol–water partition coefficient (Wildman–Crippen LogP) is 0.0334. The van der Waals surface area contributed by atoms with Gasteiger partial charge in [0.25, 0.3) is 0 Å². The third-order valence-electron chi connectivity index (χ3n) is 1.20. The Labute approximate surface area is 82.5 Å². The monoisotopic (exact) mass is 250 g/mol. The van der Waals surface area contributed by atoms with Crippen molar-refractivity contribution in [1.82, 2.24) is 0 Å². The molecule has 0 aromatic heterocycles. The number of rotatable bonds is 4. The number of unbranched alkanes of at least 4 members (excludes halogenated alkanes) is 1. The number of hydrogen-bond acceptors (Lipinski definition) is 3. The molecule has 1 atom stereocenters. The van der Waals surface area contributed by atoms with Gasteiger partial charge in [0, 0.05) is 0 Å². The van der Waals surface area contributed by atoms with E-state index in [1.165, 1.54) is 0 Å². The van der Waals surface area contributed by atoms with Gasteiger partial charge in [-0.15, -0.1) is 0 Å². The Morgan fingerprint density at radius 1 is 1.36 bits per heavy atom. The summed E-state index contributed by atoms with van der Waals surface area (Å²) in [4.78, 5) is 31.1. The fourth-order valence-corrected chi connectivity index (χ4v) is 1.07. The molecule has 0 saturated carbocycles. The van der Waals surface area contributed by atoms with Crippen LogP contribution in [0, 0.1) is 0 Å². The van der Waals surface area contributed by atoms with Crippen LogP contribution in [0.5, 0.6) is 0 Å². The molecular formula is C5H16O7P2. The molecule has 0 fully saturated rings. The number of aliphatic hydroxyl groups is 1. The summed E-state index contributed by atoms with van der Waals surface area (Å²) in [7, 11) is -7.36. The van der Waals surface area contributed by atoms with Gasteiger partial charge >= 0.3 is 15.9 Å². The highest BCUT2D eigenvalue weighted by atomic mass is 31.2. The van der Waals surface area contributed by atoms with E-state index in [4.69, 9.17) is 29.2 Å². The minimum absolute atomic E-state index is 0.181. The van der Waals surface area contributed by atoms with Gasteiger partial charge in [0.2, 0.25) is 0 Å². The minimum Gasteiger partial charge on any atom is -0.380 e. The molecule has 0 aliphatic heterocycles. The predicted molar refractivity (Wildman–Crippen MR) is 51.0 cm³/mol. The van der Waals surface area contributed by atoms with E-state index < -0.39 is 21.7 Å². The van der Waals surface area contributed by atoms with Gasteiger partial charge in [-0.1, -0.05) is 19.8 Å². The second kappa shape index (κ2) is 8.56. The highest BCUT2D eigenvalue weighted by molar-refractivity contribution is 7.52. The summed E-state index contributed by atoms with van der Waals surface area (Å²) in [6, 6.07) is 0. The zero-order chi connectivity index (χ0) is 11.8. The van der Waals surface area contributed by atoms with Crippen LogP contribution in [0.15, 0.2) is 0 Å². The van der Waals surface area contributed by atoms with Crippen LogP contribution in [0.4, 0.5) is 0 Å². The highest BCUT2D eigenvalue weighted by Gasteiger charge is 2.24. The summed E-state index contributed by atoms with van der Waals surface area (Å²) in [5, 5.41) is 8.75. The lowest BCUT2D eigenvalue weighted by molar-refractivity contribution is 0.191. The van der Waals surface area contributed by atoms with Crippen molar-refractivity contribution in [1.29, 1.82) is 0 Å². The Morgan fingerprint density at radius 3 is 1.93 bits per heavy atom. The molecule has 0 rings (SSSR count). The molecule has 1 unspecified atom stereocenters. The van der Waals surface area contributed by atoms with Crippen molar-refractivity contribution in [2.75, 3.05) is 0 Å². The lowest BCUT2D eigenvalue weighted by Crippen LogP contribution is -2.06. The maximum atomic E-state index is 10.3. The molecule has 9 heteroatoms. The fourth-order valence-electron chi connectivity index (χ4n) is 0.555. The Balaban J connectivity index is 0. The first-order valence-corrected chi connectivity index (χ1v) is 6.85. The van der Waals surface area contributed by atoms with Crippen molar-refractivity contribution in [3.05, 3.63) is 0 Å². The summed E-state index contributed by atoms with van der Waals surface area (Å²) < 4.78 is 19.0. The average Bonchev–Trinajstić information content (AvgIpc) is 1.97. The molecule has 0 amide bonds. The lowest BCUT2D eigenvalue weighted by Gasteiger charge is -2.10. The number of aliphatic hydroxyl groups excluding tert-OH is 1. The first-order chi connectivity index (χ1) is 6.21. The Hall–Kier alpha value is 0.260. The normalized spacial score (nSPS) is 13.4. The van der Waals surface area contributed by atoms with Crippen LogP contribution in [-0.4, -0.2) is 30.5 Å². The third kappa shape index (κ3) is 14.8. The standard InChI is InChI=1S/C5H13O4P.H3O3P/c1-2-3-4-5(6)10(7,8)9;1-4(2)3/h5-6H,2-4H2,1H3,(H2,7,8,9);4H,(H2,1,2,3). The molecule has 0 bridgehead atoms. The average molecular weight is 250 g/mol. The first kappa shape index (κ1) is 16.7. The number of hydrogen-bond donors (Lipinski definition) is 5. The Kier molecular flexibility index (Phi) is 10.2. The van der Waals surface area contributed by atoms with Gasteiger partial charge in [-0.2, -0.15) is 0 Å². The summed E-state index contributed by atoms with van der Waals surface area (Å²) in [6.45, 7) is 1.90. The van der Waals surface area contributed by atoms with Crippen molar-refractivity contribution in [3.8, 4) is 0 Å². The van der Waals surface area contributed by atoms with E-state index in [1.54, 1.807) is 0 Å². The van der Waals surface area contributed by atoms with Gasteiger partial charge in [-0.3, -0.25) is 9.13 Å². The third-order valence-corrected chi connectivity index (χ3v) is 2.24. The zero-order valence-electron chi connectivity index (χ0n) is 7.70. The quantitative estimate of drug-likeness (QED) is 0.444. The van der Waals surface area contributed by atoms with Crippen molar-refractivity contribution in [2.45, 2.75) is 32.0 Å². The van der Waals surface area contributed by atoms with E-state index in [9.17, 15) is 4.57 Å². The smallest absolute Gasteiger partial charge is 0.353 e. The van der Waals surface area contributed by atoms with Gasteiger partial charge in [0.15, 0.2) is 5.85 Å². The molecular weight excluding hydrogens is 234 g/mol. The van der Waals surface area contributed by atoms with Gasteiger partial charge in [0.1, 0.15) is 0 Å². The van der Waals surface area contributed by atoms with E-state index in [2.05, 4.69) is 0 Å². The van der Waals surface area contributed by atoms with Crippen LogP contribution >= 0.6 is 15.9 Å². The lowest BCUT2D eigenvalue weighted by atomic mass is 10.3. The first-order valence-electron chi connectivity index (χ1n) is 3.87. The molecule has 0 radical (unpaired) electrons. The van der Waals surface area contributed by atoms with Crippen molar-refractivity contribution in [3.63, 3.8) is 0 Å². The SMILES string of the molecule is CCCCC(O)P(=O)(O)O.O=[PH](O)O. The van der Waals surface area contributed by atoms with Crippen LogP contribution in [0.1, 0.15) is 26.2 Å². The summed E-state index contributed by atoms with van der Waals surface area (Å²) >= 11 is 0. The van der Waals surface area contributed by atoms with Crippen LogP contribution < -0.4 is 0 Å². The molecule has 5 N–H and O–H groups in total. The molecule has 14 heavy (non-hydrogen) atoms. The Morgan fingerprint density at radius 2 is 1.71 bits per heavy atom. The molecule has 0 aromatic rings. The van der Waals surface area contributed by atoms with E-state index in [-0.39, 0.29) is 6.42 Å². The van der Waals surface area contributed by atoms with Gasteiger partial charge in [0.05, 0.1) is 0 Å². The maximum absolute atomic E-state index is 10.3. The highest BCUT2D eigenvalue weighted by Crippen LogP contribution is 2.41. The van der Waals surface area contributed by atoms with E-state index in [0.29, 0.717) is 6.42 Å². The second-order valence-corrected chi connectivity index (χ2v) is 4.83. The van der Waals surface area contributed by atoms with Crippen LogP contribution in [-0.2, 0) is 9.13 Å². The molecule has 0 spiro atoms. The van der Waals surface area contributed by atoms with E-state index in [0.717, 1.165) is 6.42 Å². The fraction of sp³-hybridized carbons (Fsp3) is 1.00. The van der Waals surface area contributed by atoms with Gasteiger partial charge in [-0.05, 0) is 6.42 Å². The summed E-state index contributed by atoms with van der Waals surface area (Å²) in [6.07, 6.45) is 1.66. The largest absolute Gasteiger partial charge is 0.380 e. The molecule has 7 nitrogen and oxygen atoms in total. The van der Waals surface area contributed by atoms with Crippen LogP contribution in [0.2, 0.25) is 0 Å². The van der Waals surface area contributed by atoms with Gasteiger partial charge < -0.3 is 24.7 Å². The molecule has 88 valence electrons. The molecule has 0 heterocycles. The zero-order valence-corrected chi connectivity index (χ0v) is 9.59. The Bertz CT molecular complexity index is 196. The van der Waals surface area contributed by atoms with Crippen molar-refractivity contribution < 1.29 is 33.8 Å². The summed E-state index contributed by atoms with van der Waals surface area (Å²) in [5.41, 5.74) is 0. The molecule has 0 aromatic carbocycles. The summed E-state index contributed by atoms with van der Waals surface area (Å²) in [5.74, 6) is -1.47. The van der Waals surface area contributed by atoms with Crippen molar-refractivity contribution in [2.24, 2.45) is 0 Å². The minimum atomic E-state index is -4.23. The molecule has 0 saturated heterocycles. The van der Waals surface area contributed by atoms with E-state index in [1.807, 2.05) is 6.92 Å². The van der Waals surface area contributed by atoms with E-state index >= 15 is 0 Å². The maximum Gasteiger partial charge on any atom is 0.353 e. The molecule has 0 aliphatic rings. The topological polar surface area (TPSA) is 135 Å². The molecule has 0 aliphatic carbocycles. The van der Waals surface area contributed by atoms with Gasteiger partial charge in [-0.25, -0.2) is 0 Å². The second-order valence-electron chi connectivity index (χ2n) is 2.49.